The van der Waals surface area contributed by atoms with Crippen molar-refractivity contribution in [2.24, 2.45) is 0 Å². The summed E-state index contributed by atoms with van der Waals surface area (Å²) in [5.41, 5.74) is -0.176. The smallest absolute Gasteiger partial charge is 0.146 e. The maximum absolute atomic E-state index is 13.7. The second kappa shape index (κ2) is 6.07. The summed E-state index contributed by atoms with van der Waals surface area (Å²) in [5, 5.41) is 0.745. The fourth-order valence-electron chi connectivity index (χ4n) is 1.44. The molecule has 0 aromatic heterocycles. The molecule has 2 aromatic carbocycles. The van der Waals surface area contributed by atoms with Crippen LogP contribution in [0.4, 0.5) is 8.78 Å². The largest absolute Gasteiger partial charge is 0.487 e. The van der Waals surface area contributed by atoms with Gasteiger partial charge >= 0.3 is 0 Å². The van der Waals surface area contributed by atoms with Gasteiger partial charge in [-0.1, -0.05) is 23.2 Å². The molecule has 0 saturated heterocycles. The Labute approximate surface area is 127 Å². The second-order valence-corrected chi connectivity index (χ2v) is 5.38. The predicted octanol–water partition coefficient (Wildman–Crippen LogP) is 5.61. The molecule has 0 atom stereocenters. The second-order valence-electron chi connectivity index (χ2n) is 3.69. The van der Waals surface area contributed by atoms with Crippen LogP contribution < -0.4 is 4.74 Å². The van der Waals surface area contributed by atoms with E-state index in [-0.39, 0.29) is 22.4 Å². The monoisotopic (exact) mass is 366 g/mol. The Bertz CT molecular complexity index is 620. The van der Waals surface area contributed by atoms with Crippen molar-refractivity contribution >= 4 is 39.1 Å². The van der Waals surface area contributed by atoms with Gasteiger partial charge in [-0.3, -0.25) is 0 Å². The zero-order chi connectivity index (χ0) is 14.0. The quantitative estimate of drug-likeness (QED) is 0.640. The zero-order valence-corrected chi connectivity index (χ0v) is 12.5. The lowest BCUT2D eigenvalue weighted by Crippen LogP contribution is -2.03. The number of benzene rings is 2. The summed E-state index contributed by atoms with van der Waals surface area (Å²) >= 11 is 14.7. The van der Waals surface area contributed by atoms with Gasteiger partial charge < -0.3 is 4.74 Å². The number of hydrogen-bond donors (Lipinski definition) is 0. The normalized spacial score (nSPS) is 10.6. The molecular weight excluding hydrogens is 361 g/mol. The summed E-state index contributed by atoms with van der Waals surface area (Å²) in [5.74, 6) is -1.11. The zero-order valence-electron chi connectivity index (χ0n) is 9.39. The molecule has 0 spiro atoms. The number of ether oxygens (including phenoxy) is 1. The SMILES string of the molecule is Fc1ccc(Br)c(F)c1COc1cc(Cl)ccc1Cl. The first kappa shape index (κ1) is 14.6. The van der Waals surface area contributed by atoms with E-state index in [0.29, 0.717) is 10.0 Å². The molecule has 0 unspecified atom stereocenters. The Morgan fingerprint density at radius 2 is 1.84 bits per heavy atom. The Balaban J connectivity index is 2.24. The fraction of sp³-hybridized carbons (Fsp3) is 0.0769. The fourth-order valence-corrected chi connectivity index (χ4v) is 2.14. The third kappa shape index (κ3) is 3.38. The van der Waals surface area contributed by atoms with Crippen LogP contribution in [0.5, 0.6) is 5.75 Å². The van der Waals surface area contributed by atoms with Crippen LogP contribution in [0.15, 0.2) is 34.8 Å². The van der Waals surface area contributed by atoms with E-state index >= 15 is 0 Å². The van der Waals surface area contributed by atoms with Gasteiger partial charge in [0.05, 0.1) is 15.1 Å². The summed E-state index contributed by atoms with van der Waals surface area (Å²) in [4.78, 5) is 0. The molecule has 0 radical (unpaired) electrons. The molecule has 19 heavy (non-hydrogen) atoms. The van der Waals surface area contributed by atoms with Gasteiger partial charge in [-0.2, -0.15) is 0 Å². The van der Waals surface area contributed by atoms with Crippen LogP contribution in [0.3, 0.4) is 0 Å². The molecule has 6 heteroatoms. The highest BCUT2D eigenvalue weighted by Gasteiger charge is 2.13. The Kier molecular flexibility index (Phi) is 4.66. The van der Waals surface area contributed by atoms with Crippen LogP contribution in [0.1, 0.15) is 5.56 Å². The van der Waals surface area contributed by atoms with Gasteiger partial charge in [-0.15, -0.1) is 0 Å². The van der Waals surface area contributed by atoms with Crippen LogP contribution in [0.25, 0.3) is 0 Å². The molecule has 2 aromatic rings. The van der Waals surface area contributed by atoms with Crippen molar-refractivity contribution in [2.75, 3.05) is 0 Å². The topological polar surface area (TPSA) is 9.23 Å². The lowest BCUT2D eigenvalue weighted by atomic mass is 10.2. The molecule has 0 saturated carbocycles. The maximum Gasteiger partial charge on any atom is 0.146 e. The molecular formula is C13H7BrCl2F2O. The van der Waals surface area contributed by atoms with E-state index in [2.05, 4.69) is 15.9 Å². The molecule has 0 aliphatic heterocycles. The Morgan fingerprint density at radius 1 is 1.11 bits per heavy atom. The first-order valence-corrected chi connectivity index (χ1v) is 6.74. The van der Waals surface area contributed by atoms with E-state index in [1.54, 1.807) is 12.1 Å². The maximum atomic E-state index is 13.7. The summed E-state index contributed by atoms with van der Waals surface area (Å²) in [6.07, 6.45) is 0. The minimum Gasteiger partial charge on any atom is -0.487 e. The van der Waals surface area contributed by atoms with Gasteiger partial charge in [-0.25, -0.2) is 8.78 Å². The summed E-state index contributed by atoms with van der Waals surface area (Å²) in [6.45, 7) is -0.281. The van der Waals surface area contributed by atoms with E-state index < -0.39 is 11.6 Å². The lowest BCUT2D eigenvalue weighted by molar-refractivity contribution is 0.292. The van der Waals surface area contributed by atoms with E-state index in [9.17, 15) is 8.78 Å². The first-order chi connectivity index (χ1) is 8.99. The van der Waals surface area contributed by atoms with Crippen molar-refractivity contribution in [1.29, 1.82) is 0 Å². The number of rotatable bonds is 3. The van der Waals surface area contributed by atoms with Crippen LogP contribution in [-0.2, 0) is 6.61 Å². The van der Waals surface area contributed by atoms with Crippen LogP contribution in [0, 0.1) is 11.6 Å². The van der Waals surface area contributed by atoms with Gasteiger partial charge in [0.15, 0.2) is 0 Å². The predicted molar refractivity (Wildman–Crippen MR) is 74.9 cm³/mol. The van der Waals surface area contributed by atoms with E-state index in [1.165, 1.54) is 12.1 Å². The molecule has 0 N–H and O–H groups in total. The summed E-state index contributed by atoms with van der Waals surface area (Å²) < 4.78 is 32.7. The summed E-state index contributed by atoms with van der Waals surface area (Å²) in [7, 11) is 0. The highest BCUT2D eigenvalue weighted by molar-refractivity contribution is 9.10. The highest BCUT2D eigenvalue weighted by atomic mass is 79.9. The third-order valence-corrected chi connectivity index (χ3v) is 3.56. The highest BCUT2D eigenvalue weighted by Crippen LogP contribution is 2.29. The molecule has 1 nitrogen and oxygen atoms in total. The van der Waals surface area contributed by atoms with Gasteiger partial charge in [0.25, 0.3) is 0 Å². The minimum absolute atomic E-state index is 0.171. The van der Waals surface area contributed by atoms with E-state index in [4.69, 9.17) is 27.9 Å². The van der Waals surface area contributed by atoms with Crippen molar-refractivity contribution in [2.45, 2.75) is 6.61 Å². The van der Waals surface area contributed by atoms with Gasteiger partial charge in [0.2, 0.25) is 0 Å². The standard InChI is InChI=1S/C13H7BrCl2F2O/c14-9-2-4-11(17)8(13(9)18)6-19-12-5-7(15)1-3-10(12)16/h1-5H,6H2. The van der Waals surface area contributed by atoms with Crippen molar-refractivity contribution in [3.63, 3.8) is 0 Å². The molecule has 2 rings (SSSR count). The van der Waals surface area contributed by atoms with E-state index in [1.807, 2.05) is 0 Å². The molecule has 100 valence electrons. The van der Waals surface area contributed by atoms with Crippen LogP contribution in [-0.4, -0.2) is 0 Å². The van der Waals surface area contributed by atoms with E-state index in [0.717, 1.165) is 6.07 Å². The van der Waals surface area contributed by atoms with Crippen molar-refractivity contribution < 1.29 is 13.5 Å². The molecule has 0 amide bonds. The first-order valence-electron chi connectivity index (χ1n) is 5.19. The molecule has 0 aliphatic carbocycles. The molecule has 0 aliphatic rings. The van der Waals surface area contributed by atoms with Gasteiger partial charge in [0, 0.05) is 11.1 Å². The van der Waals surface area contributed by atoms with Crippen molar-refractivity contribution in [1.82, 2.24) is 0 Å². The number of halogens is 5. The van der Waals surface area contributed by atoms with Crippen LogP contribution >= 0.6 is 39.1 Å². The molecule has 0 fully saturated rings. The van der Waals surface area contributed by atoms with Crippen molar-refractivity contribution in [3.05, 3.63) is 62.0 Å². The Morgan fingerprint density at radius 3 is 2.58 bits per heavy atom. The molecule has 0 bridgehead atoms. The van der Waals surface area contributed by atoms with Gasteiger partial charge in [0.1, 0.15) is 24.0 Å². The average Bonchev–Trinajstić information content (AvgIpc) is 2.38. The molecule has 0 heterocycles. The van der Waals surface area contributed by atoms with Gasteiger partial charge in [-0.05, 0) is 40.2 Å². The summed E-state index contributed by atoms with van der Waals surface area (Å²) in [6, 6.07) is 7.08. The average molecular weight is 368 g/mol. The van der Waals surface area contributed by atoms with Crippen LogP contribution in [0.2, 0.25) is 10.0 Å². The van der Waals surface area contributed by atoms with Crippen molar-refractivity contribution in [3.8, 4) is 5.75 Å². The third-order valence-electron chi connectivity index (χ3n) is 2.40. The lowest BCUT2D eigenvalue weighted by Gasteiger charge is -2.10. The minimum atomic E-state index is -0.696. The number of hydrogen-bond acceptors (Lipinski definition) is 1. The Hall–Kier alpha value is -0.840.